The summed E-state index contributed by atoms with van der Waals surface area (Å²) in [4.78, 5) is 35.7. The van der Waals surface area contributed by atoms with E-state index in [0.29, 0.717) is 24.3 Å². The molecule has 0 spiro atoms. The van der Waals surface area contributed by atoms with Crippen molar-refractivity contribution in [2.45, 2.75) is 91.3 Å². The van der Waals surface area contributed by atoms with E-state index in [9.17, 15) is 27.6 Å². The highest BCUT2D eigenvalue weighted by Crippen LogP contribution is 2.66. The number of carbonyl (C=O) groups is 3. The van der Waals surface area contributed by atoms with Gasteiger partial charge in [-0.05, 0) is 73.5 Å². The van der Waals surface area contributed by atoms with E-state index in [4.69, 9.17) is 4.74 Å². The van der Waals surface area contributed by atoms with Gasteiger partial charge < -0.3 is 9.47 Å². The minimum atomic E-state index is -4.90. The fourth-order valence-corrected chi connectivity index (χ4v) is 7.98. The molecule has 4 aliphatic carbocycles. The molecule has 4 aliphatic rings. The van der Waals surface area contributed by atoms with E-state index in [-0.39, 0.29) is 28.8 Å². The first-order chi connectivity index (χ1) is 16.3. The summed E-state index contributed by atoms with van der Waals surface area (Å²) in [6.45, 7) is 6.72. The van der Waals surface area contributed by atoms with Gasteiger partial charge in [0.1, 0.15) is 6.10 Å². The van der Waals surface area contributed by atoms with E-state index in [1.165, 1.54) is 12.5 Å². The maximum absolute atomic E-state index is 13.3. The number of alkyl halides is 3. The third kappa shape index (κ3) is 4.69. The molecule has 0 saturated heterocycles. The predicted octanol–water partition coefficient (Wildman–Crippen LogP) is 6.08. The Morgan fingerprint density at radius 3 is 2.34 bits per heavy atom. The zero-order valence-corrected chi connectivity index (χ0v) is 20.9. The maximum atomic E-state index is 13.3. The molecule has 3 fully saturated rings. The number of fused-ring (bicyclic) bond motifs is 5. The Morgan fingerprint density at radius 1 is 1.00 bits per heavy atom. The van der Waals surface area contributed by atoms with E-state index in [0.717, 1.165) is 51.9 Å². The molecular formula is C27H35F3O5. The molecule has 0 unspecified atom stereocenters. The molecule has 5 nitrogen and oxygen atoms in total. The molecular weight excluding hydrogens is 461 g/mol. The van der Waals surface area contributed by atoms with Gasteiger partial charge in [-0.1, -0.05) is 25.5 Å². The van der Waals surface area contributed by atoms with Crippen molar-refractivity contribution >= 4 is 17.7 Å². The number of hydrogen-bond donors (Lipinski definition) is 0. The standard InChI is InChI=1S/C27H35F3O5/c1-15(31)34-18-9-11-25(3)17(13-18)5-6-19-20-7-8-22(26(20,4)12-10-21(19)25)23(33)14-24(27(28,29)30)35-16(2)32/h5,14,18-22H,6-13H2,1-4H3/t18-,19-,20-,21-,22+,25-,26-/m0/s1. The topological polar surface area (TPSA) is 69.7 Å². The highest BCUT2D eigenvalue weighted by Gasteiger charge is 2.60. The lowest BCUT2D eigenvalue weighted by atomic mass is 9.47. The van der Waals surface area contributed by atoms with Gasteiger partial charge in [0.2, 0.25) is 5.76 Å². The van der Waals surface area contributed by atoms with Crippen LogP contribution in [0.25, 0.3) is 0 Å². The van der Waals surface area contributed by atoms with Gasteiger partial charge in [0.25, 0.3) is 0 Å². The summed E-state index contributed by atoms with van der Waals surface area (Å²) in [5.41, 5.74) is 1.02. The summed E-state index contributed by atoms with van der Waals surface area (Å²) in [6, 6.07) is 0. The van der Waals surface area contributed by atoms with Crippen molar-refractivity contribution in [3.05, 3.63) is 23.5 Å². The van der Waals surface area contributed by atoms with Crippen LogP contribution in [0.5, 0.6) is 0 Å². The molecule has 0 radical (unpaired) electrons. The molecule has 0 bridgehead atoms. The van der Waals surface area contributed by atoms with Crippen molar-refractivity contribution in [1.29, 1.82) is 0 Å². The van der Waals surface area contributed by atoms with Gasteiger partial charge in [-0.3, -0.25) is 14.4 Å². The Morgan fingerprint density at radius 2 is 1.71 bits per heavy atom. The molecule has 3 saturated carbocycles. The molecule has 194 valence electrons. The van der Waals surface area contributed by atoms with E-state index < -0.39 is 29.6 Å². The lowest BCUT2D eigenvalue weighted by molar-refractivity contribution is -0.158. The Kier molecular flexibility index (Phi) is 6.73. The molecule has 0 heterocycles. The first-order valence-electron chi connectivity index (χ1n) is 12.6. The number of ketones is 1. The molecule has 0 aromatic rings. The van der Waals surface area contributed by atoms with Crippen LogP contribution in [0.3, 0.4) is 0 Å². The van der Waals surface area contributed by atoms with Crippen LogP contribution in [-0.2, 0) is 23.9 Å². The van der Waals surface area contributed by atoms with Crippen molar-refractivity contribution in [1.82, 2.24) is 0 Å². The Bertz CT molecular complexity index is 966. The summed E-state index contributed by atoms with van der Waals surface area (Å²) in [5.74, 6) is -2.90. The highest BCUT2D eigenvalue weighted by atomic mass is 19.4. The van der Waals surface area contributed by atoms with Crippen molar-refractivity contribution in [2.75, 3.05) is 0 Å². The quantitative estimate of drug-likeness (QED) is 0.204. The number of allylic oxidation sites excluding steroid dienone is 3. The van der Waals surface area contributed by atoms with E-state index in [2.05, 4.69) is 24.7 Å². The first kappa shape index (κ1) is 26.0. The van der Waals surface area contributed by atoms with Gasteiger partial charge in [-0.25, -0.2) is 0 Å². The molecule has 8 heteroatoms. The second-order valence-electron chi connectivity index (χ2n) is 11.4. The summed E-state index contributed by atoms with van der Waals surface area (Å²) >= 11 is 0. The number of esters is 2. The first-order valence-corrected chi connectivity index (χ1v) is 12.6. The Labute approximate surface area is 204 Å². The molecule has 35 heavy (non-hydrogen) atoms. The maximum Gasteiger partial charge on any atom is 0.449 e. The smallest absolute Gasteiger partial charge is 0.449 e. The van der Waals surface area contributed by atoms with Crippen molar-refractivity contribution in [2.24, 2.45) is 34.5 Å². The van der Waals surface area contributed by atoms with Crippen LogP contribution in [0.4, 0.5) is 13.2 Å². The van der Waals surface area contributed by atoms with Crippen molar-refractivity contribution < 1.29 is 37.0 Å². The van der Waals surface area contributed by atoms with Gasteiger partial charge >= 0.3 is 18.1 Å². The van der Waals surface area contributed by atoms with Crippen LogP contribution in [-0.4, -0.2) is 30.0 Å². The van der Waals surface area contributed by atoms with E-state index in [1.54, 1.807) is 0 Å². The molecule has 0 aliphatic heterocycles. The third-order valence-electron chi connectivity index (χ3n) is 9.54. The zero-order chi connectivity index (χ0) is 25.8. The molecule has 7 atom stereocenters. The van der Waals surface area contributed by atoms with Gasteiger partial charge in [-0.15, -0.1) is 0 Å². The SMILES string of the molecule is CC(=O)OC(=CC(=O)[C@H]1CC[C@H]2[C@@H]3CC=C4C[C@@H](OC(C)=O)CC[C@]4(C)[C@H]3CC[C@]12C)C(F)(F)F. The van der Waals surface area contributed by atoms with Crippen LogP contribution < -0.4 is 0 Å². The van der Waals surface area contributed by atoms with E-state index >= 15 is 0 Å². The van der Waals surface area contributed by atoms with Crippen LogP contribution in [0.15, 0.2) is 23.5 Å². The minimum Gasteiger partial charge on any atom is -0.462 e. The van der Waals surface area contributed by atoms with Gasteiger partial charge in [0.05, 0.1) is 0 Å². The van der Waals surface area contributed by atoms with Crippen molar-refractivity contribution in [3.63, 3.8) is 0 Å². The molecule has 0 N–H and O–H groups in total. The van der Waals surface area contributed by atoms with E-state index in [1.807, 2.05) is 0 Å². The van der Waals surface area contributed by atoms with Crippen LogP contribution in [0.2, 0.25) is 0 Å². The molecule has 0 amide bonds. The predicted molar refractivity (Wildman–Crippen MR) is 122 cm³/mol. The average Bonchev–Trinajstić information content (AvgIpc) is 3.09. The Hall–Kier alpha value is -2.12. The molecule has 0 aromatic carbocycles. The van der Waals surface area contributed by atoms with Gasteiger partial charge in [0, 0.05) is 32.3 Å². The highest BCUT2D eigenvalue weighted by molar-refractivity contribution is 5.93. The second kappa shape index (κ2) is 9.07. The van der Waals surface area contributed by atoms with Crippen LogP contribution in [0.1, 0.15) is 79.1 Å². The van der Waals surface area contributed by atoms with Crippen molar-refractivity contribution in [3.8, 4) is 0 Å². The lowest BCUT2D eigenvalue weighted by Crippen LogP contribution is -2.51. The summed E-state index contributed by atoms with van der Waals surface area (Å²) in [7, 11) is 0. The number of ether oxygens (including phenoxy) is 2. The number of carbonyl (C=O) groups excluding carboxylic acids is 3. The fraction of sp³-hybridized carbons (Fsp3) is 0.741. The Balaban J connectivity index is 1.55. The molecule has 0 aromatic heterocycles. The monoisotopic (exact) mass is 496 g/mol. The largest absolute Gasteiger partial charge is 0.462 e. The summed E-state index contributed by atoms with van der Waals surface area (Å²) < 4.78 is 49.9. The number of halogens is 3. The number of hydrogen-bond acceptors (Lipinski definition) is 5. The van der Waals surface area contributed by atoms with Gasteiger partial charge in [-0.2, -0.15) is 13.2 Å². The lowest BCUT2D eigenvalue weighted by Gasteiger charge is -2.58. The summed E-state index contributed by atoms with van der Waals surface area (Å²) in [5, 5.41) is 0. The third-order valence-corrected chi connectivity index (χ3v) is 9.54. The van der Waals surface area contributed by atoms with Crippen LogP contribution >= 0.6 is 0 Å². The fourth-order valence-electron chi connectivity index (χ4n) is 7.98. The van der Waals surface area contributed by atoms with Gasteiger partial charge in [0.15, 0.2) is 5.78 Å². The number of rotatable bonds is 4. The normalized spacial score (nSPS) is 39.0. The zero-order valence-electron chi connectivity index (χ0n) is 20.9. The minimum absolute atomic E-state index is 0.0294. The molecule has 4 rings (SSSR count). The second-order valence-corrected chi connectivity index (χ2v) is 11.4. The van der Waals surface area contributed by atoms with Crippen LogP contribution in [0, 0.1) is 34.5 Å². The summed E-state index contributed by atoms with van der Waals surface area (Å²) in [6.07, 6.45) is 4.34. The average molecular weight is 497 g/mol.